The van der Waals surface area contributed by atoms with E-state index in [1.165, 1.54) is 7.11 Å². The van der Waals surface area contributed by atoms with Crippen LogP contribution in [-0.2, 0) is 19.1 Å². The van der Waals surface area contributed by atoms with Crippen LogP contribution in [0.2, 0.25) is 0 Å². The highest BCUT2D eigenvalue weighted by Crippen LogP contribution is 2.25. The van der Waals surface area contributed by atoms with Gasteiger partial charge in [0.25, 0.3) is 0 Å². The van der Waals surface area contributed by atoms with Crippen LogP contribution < -0.4 is 5.32 Å². The number of unbranched alkanes of at least 4 members (excludes halogenated alkanes) is 1. The third kappa shape index (κ3) is 6.18. The van der Waals surface area contributed by atoms with E-state index in [0.717, 1.165) is 31.3 Å². The second-order valence-electron chi connectivity index (χ2n) is 5.98. The third-order valence-electron chi connectivity index (χ3n) is 4.17. The molecule has 0 aromatic carbocycles. The minimum atomic E-state index is -0.379. The van der Waals surface area contributed by atoms with Gasteiger partial charge in [-0.25, -0.2) is 4.79 Å². The molecule has 1 rings (SSSR count). The van der Waals surface area contributed by atoms with Gasteiger partial charge in [0.2, 0.25) is 5.91 Å². The van der Waals surface area contributed by atoms with Crippen molar-refractivity contribution in [2.45, 2.75) is 52.4 Å². The summed E-state index contributed by atoms with van der Waals surface area (Å²) in [6.45, 7) is 4.70. The van der Waals surface area contributed by atoms with Crippen molar-refractivity contribution >= 4 is 11.9 Å². The van der Waals surface area contributed by atoms with Crippen molar-refractivity contribution in [1.82, 2.24) is 5.32 Å². The van der Waals surface area contributed by atoms with Crippen molar-refractivity contribution in [3.05, 3.63) is 22.9 Å². The van der Waals surface area contributed by atoms with E-state index in [1.807, 2.05) is 13.0 Å². The summed E-state index contributed by atoms with van der Waals surface area (Å²) in [6.07, 6.45) is 7.01. The zero-order valence-electron chi connectivity index (χ0n) is 14.7. The lowest BCUT2D eigenvalue weighted by molar-refractivity contribution is -0.136. The van der Waals surface area contributed by atoms with Gasteiger partial charge in [-0.15, -0.1) is 0 Å². The smallest absolute Gasteiger partial charge is 0.336 e. The van der Waals surface area contributed by atoms with E-state index in [-0.39, 0.29) is 11.9 Å². The molecule has 5 nitrogen and oxygen atoms in total. The molecule has 1 aliphatic rings. The number of esters is 1. The number of hydrogen-bond donors (Lipinski definition) is 1. The van der Waals surface area contributed by atoms with Crippen LogP contribution in [0.15, 0.2) is 22.9 Å². The zero-order chi connectivity index (χ0) is 17.2. The van der Waals surface area contributed by atoms with Crippen LogP contribution in [0.3, 0.4) is 0 Å². The lowest BCUT2D eigenvalue weighted by Crippen LogP contribution is -2.27. The Morgan fingerprint density at radius 1 is 1.30 bits per heavy atom. The van der Waals surface area contributed by atoms with Gasteiger partial charge in [-0.2, -0.15) is 0 Å². The summed E-state index contributed by atoms with van der Waals surface area (Å²) in [4.78, 5) is 24.1. The molecule has 0 saturated carbocycles. The van der Waals surface area contributed by atoms with Crippen molar-refractivity contribution in [2.75, 3.05) is 20.8 Å². The topological polar surface area (TPSA) is 64.6 Å². The van der Waals surface area contributed by atoms with Crippen molar-refractivity contribution in [3.63, 3.8) is 0 Å². The normalized spacial score (nSPS) is 15.4. The Hall–Kier alpha value is -1.62. The number of amides is 1. The molecular formula is C18H29NO4. The maximum Gasteiger partial charge on any atom is 0.336 e. The quantitative estimate of drug-likeness (QED) is 0.627. The molecule has 0 aliphatic heterocycles. The molecule has 1 N–H and O–H groups in total. The number of hydrogen-bond acceptors (Lipinski definition) is 4. The summed E-state index contributed by atoms with van der Waals surface area (Å²) in [6, 6.07) is 0. The molecule has 23 heavy (non-hydrogen) atoms. The van der Waals surface area contributed by atoms with E-state index >= 15 is 0 Å². The van der Waals surface area contributed by atoms with E-state index in [9.17, 15) is 9.59 Å². The Kier molecular flexibility index (Phi) is 8.62. The second kappa shape index (κ2) is 10.2. The number of nitrogens with one attached hydrogen (secondary N) is 1. The van der Waals surface area contributed by atoms with E-state index in [0.29, 0.717) is 36.6 Å². The lowest BCUT2D eigenvalue weighted by atomic mass is 9.95. The molecule has 0 bridgehead atoms. The van der Waals surface area contributed by atoms with E-state index in [2.05, 4.69) is 12.2 Å². The average Bonchev–Trinajstić information content (AvgIpc) is 2.90. The zero-order valence-corrected chi connectivity index (χ0v) is 14.7. The molecule has 0 aromatic heterocycles. The minimum Gasteiger partial charge on any atom is -0.466 e. The minimum absolute atomic E-state index is 0.0479. The van der Waals surface area contributed by atoms with Crippen molar-refractivity contribution < 1.29 is 19.1 Å². The van der Waals surface area contributed by atoms with E-state index in [4.69, 9.17) is 9.47 Å². The summed E-state index contributed by atoms with van der Waals surface area (Å²) >= 11 is 0. The van der Waals surface area contributed by atoms with Crippen LogP contribution in [0.5, 0.6) is 0 Å². The van der Waals surface area contributed by atoms with Crippen molar-refractivity contribution in [2.24, 2.45) is 5.92 Å². The predicted molar refractivity (Wildman–Crippen MR) is 89.7 cm³/mol. The van der Waals surface area contributed by atoms with Gasteiger partial charge in [0.05, 0.1) is 18.4 Å². The van der Waals surface area contributed by atoms with Crippen molar-refractivity contribution in [3.8, 4) is 0 Å². The number of ether oxygens (including phenoxy) is 2. The Balaban J connectivity index is 2.68. The number of allylic oxidation sites excluding steroid dienone is 2. The highest BCUT2D eigenvalue weighted by atomic mass is 16.5. The van der Waals surface area contributed by atoms with Crippen LogP contribution in [0.25, 0.3) is 0 Å². The summed E-state index contributed by atoms with van der Waals surface area (Å²) in [5, 5.41) is 2.91. The monoisotopic (exact) mass is 323 g/mol. The molecule has 1 amide bonds. The summed E-state index contributed by atoms with van der Waals surface area (Å²) in [5.41, 5.74) is 2.06. The standard InChI is InChI=1S/C18H29NO4/c1-5-6-7-14(10-11-22-3)12-16(20)19-17-13(2)8-9-15(17)18(21)23-4/h8,14H,5-7,9-12H2,1-4H3,(H,19,20). The maximum absolute atomic E-state index is 12.4. The molecule has 0 aromatic rings. The van der Waals surface area contributed by atoms with Crippen LogP contribution in [0.4, 0.5) is 0 Å². The Bertz CT molecular complexity index is 471. The molecule has 1 atom stereocenters. The summed E-state index contributed by atoms with van der Waals surface area (Å²) in [5.74, 6) is -0.119. The molecule has 1 aliphatic carbocycles. The first-order valence-corrected chi connectivity index (χ1v) is 8.30. The average molecular weight is 323 g/mol. The van der Waals surface area contributed by atoms with Gasteiger partial charge in [-0.3, -0.25) is 4.79 Å². The first-order valence-electron chi connectivity index (χ1n) is 8.30. The van der Waals surface area contributed by atoms with Crippen LogP contribution in [0.1, 0.15) is 52.4 Å². The molecule has 0 radical (unpaired) electrons. The summed E-state index contributed by atoms with van der Waals surface area (Å²) in [7, 11) is 3.03. The van der Waals surface area contributed by atoms with Gasteiger partial charge < -0.3 is 14.8 Å². The fourth-order valence-corrected chi connectivity index (χ4v) is 2.76. The van der Waals surface area contributed by atoms with Gasteiger partial charge in [-0.05, 0) is 31.3 Å². The van der Waals surface area contributed by atoms with Crippen molar-refractivity contribution in [1.29, 1.82) is 0 Å². The summed E-state index contributed by atoms with van der Waals surface area (Å²) < 4.78 is 9.92. The Morgan fingerprint density at radius 3 is 2.65 bits per heavy atom. The Morgan fingerprint density at radius 2 is 2.04 bits per heavy atom. The fourth-order valence-electron chi connectivity index (χ4n) is 2.76. The van der Waals surface area contributed by atoms with E-state index < -0.39 is 0 Å². The molecule has 0 spiro atoms. The molecule has 5 heteroatoms. The largest absolute Gasteiger partial charge is 0.466 e. The van der Waals surface area contributed by atoms with Crippen LogP contribution in [-0.4, -0.2) is 32.7 Å². The molecule has 1 unspecified atom stereocenters. The van der Waals surface area contributed by atoms with E-state index in [1.54, 1.807) is 7.11 Å². The predicted octanol–water partition coefficient (Wildman–Crippen LogP) is 3.11. The Labute approximate surface area is 139 Å². The highest BCUT2D eigenvalue weighted by Gasteiger charge is 2.23. The van der Waals surface area contributed by atoms with Crippen LogP contribution in [0, 0.1) is 5.92 Å². The third-order valence-corrected chi connectivity index (χ3v) is 4.17. The number of carbonyl (C=O) groups excluding carboxylic acids is 2. The fraction of sp³-hybridized carbons (Fsp3) is 0.667. The second-order valence-corrected chi connectivity index (χ2v) is 5.98. The highest BCUT2D eigenvalue weighted by molar-refractivity contribution is 5.93. The van der Waals surface area contributed by atoms with Crippen LogP contribution >= 0.6 is 0 Å². The number of methoxy groups -OCH3 is 2. The van der Waals surface area contributed by atoms with Gasteiger partial charge in [0, 0.05) is 26.6 Å². The van der Waals surface area contributed by atoms with Gasteiger partial charge in [0.15, 0.2) is 0 Å². The molecule has 130 valence electrons. The number of carbonyl (C=O) groups is 2. The lowest BCUT2D eigenvalue weighted by Gasteiger charge is -2.17. The molecular weight excluding hydrogens is 294 g/mol. The first kappa shape index (κ1) is 19.4. The molecule has 0 heterocycles. The van der Waals surface area contributed by atoms with Gasteiger partial charge in [0.1, 0.15) is 0 Å². The maximum atomic E-state index is 12.4. The van der Waals surface area contributed by atoms with Gasteiger partial charge >= 0.3 is 5.97 Å². The SMILES string of the molecule is CCCCC(CCOC)CC(=O)NC1=C(C(=O)OC)CC=C1C. The number of rotatable bonds is 10. The molecule has 0 saturated heterocycles. The van der Waals surface area contributed by atoms with Gasteiger partial charge in [-0.1, -0.05) is 25.8 Å². The first-order chi connectivity index (χ1) is 11.0. The molecule has 0 fully saturated rings.